The van der Waals surface area contributed by atoms with Crippen LogP contribution < -0.4 is 0 Å². The minimum atomic E-state index is -0.720. The van der Waals surface area contributed by atoms with Gasteiger partial charge >= 0.3 is 11.9 Å². The van der Waals surface area contributed by atoms with Crippen LogP contribution in [0.3, 0.4) is 0 Å². The van der Waals surface area contributed by atoms with E-state index in [1.165, 1.54) is 70.6 Å². The van der Waals surface area contributed by atoms with E-state index in [0.29, 0.717) is 25.7 Å². The van der Waals surface area contributed by atoms with Crippen LogP contribution in [0.4, 0.5) is 0 Å². The van der Waals surface area contributed by atoms with E-state index < -0.39 is 5.97 Å². The number of unbranched alkanes of at least 4 members (excludes halogenated alkanes) is 10. The minimum absolute atomic E-state index is 0.0480. The summed E-state index contributed by atoms with van der Waals surface area (Å²) in [6, 6.07) is 0. The van der Waals surface area contributed by atoms with Gasteiger partial charge in [0.2, 0.25) is 0 Å². The smallest absolute Gasteiger partial charge is 0.309 e. The highest BCUT2D eigenvalue weighted by Crippen LogP contribution is 2.30. The number of ether oxygens (including phenoxy) is 1. The standard InChI is InChI=1S/C28H52O4/c1-4-5-6-7-11-14-17-26(18-15-12-9-8-10-13-16-23(2)3)32-28(31)25-21-19-24(20-22-25)27(29)30/h23-26H,4-22H2,1-3H3,(H,29,30). The highest BCUT2D eigenvalue weighted by Gasteiger charge is 2.31. The van der Waals surface area contributed by atoms with Crippen molar-refractivity contribution in [3.8, 4) is 0 Å². The second-order valence-corrected chi connectivity index (χ2v) is 10.6. The Labute approximate surface area is 198 Å². The predicted octanol–water partition coefficient (Wildman–Crippen LogP) is 8.32. The van der Waals surface area contributed by atoms with Crippen LogP contribution in [0, 0.1) is 17.8 Å². The van der Waals surface area contributed by atoms with Crippen molar-refractivity contribution in [1.29, 1.82) is 0 Å². The third-order valence-corrected chi connectivity index (χ3v) is 7.13. The van der Waals surface area contributed by atoms with Gasteiger partial charge in [-0.2, -0.15) is 0 Å². The first-order valence-electron chi connectivity index (χ1n) is 13.9. The van der Waals surface area contributed by atoms with Crippen LogP contribution in [-0.4, -0.2) is 23.1 Å². The fraction of sp³-hybridized carbons (Fsp3) is 0.929. The summed E-state index contributed by atoms with van der Waals surface area (Å²) in [6.45, 7) is 6.83. The molecule has 1 rings (SSSR count). The van der Waals surface area contributed by atoms with Crippen molar-refractivity contribution < 1.29 is 19.4 Å². The molecule has 0 spiro atoms. The van der Waals surface area contributed by atoms with E-state index in [1.807, 2.05) is 0 Å². The number of hydrogen-bond acceptors (Lipinski definition) is 3. The summed E-state index contributed by atoms with van der Waals surface area (Å²) in [5.41, 5.74) is 0. The maximum atomic E-state index is 12.8. The van der Waals surface area contributed by atoms with Gasteiger partial charge in [-0.15, -0.1) is 0 Å². The normalized spacial score (nSPS) is 19.8. The molecule has 32 heavy (non-hydrogen) atoms. The largest absolute Gasteiger partial charge is 0.481 e. The van der Waals surface area contributed by atoms with Gasteiger partial charge < -0.3 is 9.84 Å². The van der Waals surface area contributed by atoms with Gasteiger partial charge in [0.25, 0.3) is 0 Å². The number of carbonyl (C=O) groups is 2. The van der Waals surface area contributed by atoms with Gasteiger partial charge in [-0.3, -0.25) is 9.59 Å². The summed E-state index contributed by atoms with van der Waals surface area (Å²) in [5, 5.41) is 9.18. The highest BCUT2D eigenvalue weighted by atomic mass is 16.5. The summed E-state index contributed by atoms with van der Waals surface area (Å²) in [4.78, 5) is 23.9. The maximum Gasteiger partial charge on any atom is 0.309 e. The van der Waals surface area contributed by atoms with Gasteiger partial charge in [-0.25, -0.2) is 0 Å². The molecule has 1 aliphatic rings. The number of carbonyl (C=O) groups excluding carboxylic acids is 1. The van der Waals surface area contributed by atoms with E-state index in [4.69, 9.17) is 4.74 Å². The number of hydrogen-bond donors (Lipinski definition) is 1. The molecule has 4 heteroatoms. The Kier molecular flexibility index (Phi) is 16.6. The van der Waals surface area contributed by atoms with Crippen molar-refractivity contribution in [1.82, 2.24) is 0 Å². The zero-order valence-corrected chi connectivity index (χ0v) is 21.4. The van der Waals surface area contributed by atoms with Crippen LogP contribution in [0.1, 0.15) is 143 Å². The number of rotatable bonds is 19. The first kappa shape index (κ1) is 29.0. The van der Waals surface area contributed by atoms with Crippen molar-refractivity contribution in [3.05, 3.63) is 0 Å². The van der Waals surface area contributed by atoms with E-state index >= 15 is 0 Å². The molecule has 1 aliphatic carbocycles. The second-order valence-electron chi connectivity index (χ2n) is 10.6. The lowest BCUT2D eigenvalue weighted by Crippen LogP contribution is -2.29. The Morgan fingerprint density at radius 1 is 0.719 bits per heavy atom. The molecule has 0 amide bonds. The molecule has 0 radical (unpaired) electrons. The minimum Gasteiger partial charge on any atom is -0.481 e. The topological polar surface area (TPSA) is 63.6 Å². The molecule has 0 aromatic heterocycles. The summed E-state index contributed by atoms with van der Waals surface area (Å²) in [5.74, 6) is -0.357. The lowest BCUT2D eigenvalue weighted by molar-refractivity contribution is -0.158. The zero-order valence-electron chi connectivity index (χ0n) is 21.4. The van der Waals surface area contributed by atoms with Crippen LogP contribution in [-0.2, 0) is 14.3 Å². The third-order valence-electron chi connectivity index (χ3n) is 7.13. The summed E-state index contributed by atoms with van der Waals surface area (Å²) in [6.07, 6.45) is 21.1. The Morgan fingerprint density at radius 2 is 1.16 bits per heavy atom. The van der Waals surface area contributed by atoms with Gasteiger partial charge in [0.1, 0.15) is 6.10 Å². The van der Waals surface area contributed by atoms with Crippen LogP contribution in [0.2, 0.25) is 0 Å². The van der Waals surface area contributed by atoms with Crippen LogP contribution in [0.15, 0.2) is 0 Å². The molecule has 1 unspecified atom stereocenters. The maximum absolute atomic E-state index is 12.8. The molecule has 1 saturated carbocycles. The predicted molar refractivity (Wildman–Crippen MR) is 133 cm³/mol. The quantitative estimate of drug-likeness (QED) is 0.158. The Balaban J connectivity index is 2.32. The summed E-state index contributed by atoms with van der Waals surface area (Å²) >= 11 is 0. The van der Waals surface area contributed by atoms with E-state index in [0.717, 1.165) is 31.6 Å². The highest BCUT2D eigenvalue weighted by molar-refractivity contribution is 5.74. The van der Waals surface area contributed by atoms with Gasteiger partial charge in [-0.1, -0.05) is 91.4 Å². The van der Waals surface area contributed by atoms with Crippen LogP contribution in [0.25, 0.3) is 0 Å². The molecule has 1 atom stereocenters. The number of carboxylic acids is 1. The van der Waals surface area contributed by atoms with Gasteiger partial charge in [0, 0.05) is 0 Å². The first-order chi connectivity index (χ1) is 15.4. The molecule has 1 N–H and O–H groups in total. The van der Waals surface area contributed by atoms with E-state index in [9.17, 15) is 14.7 Å². The van der Waals surface area contributed by atoms with Gasteiger partial charge in [0.05, 0.1) is 11.8 Å². The Morgan fingerprint density at radius 3 is 1.62 bits per heavy atom. The molecule has 0 aromatic rings. The molecule has 0 aliphatic heterocycles. The second kappa shape index (κ2) is 18.4. The van der Waals surface area contributed by atoms with Gasteiger partial charge in [-0.05, 0) is 57.3 Å². The Hall–Kier alpha value is -1.06. The molecule has 0 heterocycles. The van der Waals surface area contributed by atoms with E-state index in [2.05, 4.69) is 20.8 Å². The third kappa shape index (κ3) is 14.2. The lowest BCUT2D eigenvalue weighted by atomic mass is 9.82. The molecule has 188 valence electrons. The molecular weight excluding hydrogens is 400 g/mol. The molecular formula is C28H52O4. The van der Waals surface area contributed by atoms with Crippen molar-refractivity contribution in [2.75, 3.05) is 0 Å². The van der Waals surface area contributed by atoms with Crippen molar-refractivity contribution >= 4 is 11.9 Å². The van der Waals surface area contributed by atoms with Crippen LogP contribution >= 0.6 is 0 Å². The van der Waals surface area contributed by atoms with Crippen molar-refractivity contribution in [2.45, 2.75) is 149 Å². The Bertz CT molecular complexity index is 480. The average molecular weight is 453 g/mol. The molecule has 1 fully saturated rings. The molecule has 0 aromatic carbocycles. The lowest BCUT2D eigenvalue weighted by Gasteiger charge is -2.27. The number of esters is 1. The summed E-state index contributed by atoms with van der Waals surface area (Å²) < 4.78 is 6.00. The summed E-state index contributed by atoms with van der Waals surface area (Å²) in [7, 11) is 0. The van der Waals surface area contributed by atoms with Crippen molar-refractivity contribution in [2.24, 2.45) is 17.8 Å². The first-order valence-corrected chi connectivity index (χ1v) is 13.9. The average Bonchev–Trinajstić information content (AvgIpc) is 2.77. The monoisotopic (exact) mass is 452 g/mol. The zero-order chi connectivity index (χ0) is 23.6. The molecule has 4 nitrogen and oxygen atoms in total. The van der Waals surface area contributed by atoms with Crippen LogP contribution in [0.5, 0.6) is 0 Å². The van der Waals surface area contributed by atoms with Crippen molar-refractivity contribution in [3.63, 3.8) is 0 Å². The van der Waals surface area contributed by atoms with E-state index in [1.54, 1.807) is 0 Å². The molecule has 0 bridgehead atoms. The SMILES string of the molecule is CCCCCCCCC(CCCCCCCCC(C)C)OC(=O)C1CCC(C(=O)O)CC1. The fourth-order valence-corrected chi connectivity index (χ4v) is 4.88. The van der Waals surface area contributed by atoms with Gasteiger partial charge in [0.15, 0.2) is 0 Å². The number of carboxylic acid groups (broad SMARTS) is 1. The number of aliphatic carboxylic acids is 1. The fourth-order valence-electron chi connectivity index (χ4n) is 4.88. The molecule has 0 saturated heterocycles. The van der Waals surface area contributed by atoms with E-state index in [-0.39, 0.29) is 23.9 Å².